The quantitative estimate of drug-likeness (QED) is 0.665. The number of rotatable bonds is 5. The van der Waals surface area contributed by atoms with Crippen LogP contribution in [-0.4, -0.2) is 15.7 Å². The van der Waals surface area contributed by atoms with Gasteiger partial charge < -0.3 is 19.6 Å². The lowest BCUT2D eigenvalue weighted by molar-refractivity contribution is 0.243. The van der Waals surface area contributed by atoms with Gasteiger partial charge in [0.25, 0.3) is 11.1 Å². The van der Waals surface area contributed by atoms with E-state index in [-0.39, 0.29) is 22.9 Å². The summed E-state index contributed by atoms with van der Waals surface area (Å²) in [7, 11) is 1.53. The second-order valence-corrected chi connectivity index (χ2v) is 7.47. The molecule has 0 unspecified atom stereocenters. The van der Waals surface area contributed by atoms with Crippen molar-refractivity contribution in [2.24, 2.45) is 7.05 Å². The molecule has 0 aliphatic rings. The van der Waals surface area contributed by atoms with Crippen LogP contribution in [-0.2, 0) is 7.05 Å². The Morgan fingerprint density at radius 2 is 1.93 bits per heavy atom. The lowest BCUT2D eigenvalue weighted by Gasteiger charge is -2.17. The molecule has 1 atom stereocenters. The molecule has 0 bridgehead atoms. The van der Waals surface area contributed by atoms with Crippen LogP contribution in [0.1, 0.15) is 38.1 Å². The molecule has 3 rings (SSSR count). The van der Waals surface area contributed by atoms with E-state index in [9.17, 15) is 9.59 Å². The van der Waals surface area contributed by atoms with Gasteiger partial charge >= 0.3 is 0 Å². The van der Waals surface area contributed by atoms with Crippen LogP contribution in [0.25, 0.3) is 10.9 Å². The van der Waals surface area contributed by atoms with Crippen LogP contribution in [0.15, 0.2) is 39.9 Å². The first-order chi connectivity index (χ1) is 13.7. The second-order valence-electron chi connectivity index (χ2n) is 7.06. The first kappa shape index (κ1) is 20.5. The van der Waals surface area contributed by atoms with E-state index in [1.54, 1.807) is 37.3 Å². The number of benzene rings is 1. The Hall–Kier alpha value is -3.24. The number of ether oxygens (including phenoxy) is 1. The van der Waals surface area contributed by atoms with Gasteiger partial charge in [0, 0.05) is 24.1 Å². The fourth-order valence-electron chi connectivity index (χ4n) is 3.06. The predicted octanol–water partition coefficient (Wildman–Crippen LogP) is 3.71. The van der Waals surface area contributed by atoms with Crippen molar-refractivity contribution in [1.29, 1.82) is 5.26 Å². The molecule has 29 heavy (non-hydrogen) atoms. The third-order valence-electron chi connectivity index (χ3n) is 4.55. The van der Waals surface area contributed by atoms with Crippen molar-refractivity contribution in [2.45, 2.75) is 32.9 Å². The van der Waals surface area contributed by atoms with E-state index >= 15 is 0 Å². The van der Waals surface area contributed by atoms with Crippen LogP contribution in [0.2, 0.25) is 5.02 Å². The third kappa shape index (κ3) is 4.13. The number of nitriles is 1. The molecular weight excluding hydrogens is 392 g/mol. The molecular formula is C21H21ClN4O3. The summed E-state index contributed by atoms with van der Waals surface area (Å²) in [6, 6.07) is 9.78. The van der Waals surface area contributed by atoms with Crippen molar-refractivity contribution >= 4 is 28.2 Å². The molecule has 0 spiro atoms. The standard InChI is InChI=1S/C21H21ClN4O3/c1-11(2)29-19-9-18-13(8-16(19)22)7-15(20(27)25-18)12(3)24-17-6-5-14(10-23)26(4)21(17)28/h5-9,11-12,24H,1-4H3,(H,25,27)/t12-/m0/s1. The van der Waals surface area contributed by atoms with Gasteiger partial charge in [0.2, 0.25) is 0 Å². The van der Waals surface area contributed by atoms with Gasteiger partial charge in [-0.1, -0.05) is 11.6 Å². The van der Waals surface area contributed by atoms with Gasteiger partial charge in [-0.15, -0.1) is 0 Å². The van der Waals surface area contributed by atoms with Gasteiger partial charge in [-0.05, 0) is 45.0 Å². The molecule has 1 aromatic carbocycles. The number of hydrogen-bond donors (Lipinski definition) is 2. The summed E-state index contributed by atoms with van der Waals surface area (Å²) in [5.74, 6) is 0.504. The molecule has 2 heterocycles. The van der Waals surface area contributed by atoms with E-state index in [1.165, 1.54) is 11.6 Å². The first-order valence-electron chi connectivity index (χ1n) is 9.11. The van der Waals surface area contributed by atoms with Crippen LogP contribution in [0, 0.1) is 11.3 Å². The zero-order valence-corrected chi connectivity index (χ0v) is 17.3. The molecule has 3 aromatic rings. The molecule has 0 aliphatic carbocycles. The highest BCUT2D eigenvalue weighted by Gasteiger charge is 2.15. The Morgan fingerprint density at radius 1 is 1.21 bits per heavy atom. The summed E-state index contributed by atoms with van der Waals surface area (Å²) in [4.78, 5) is 27.9. The predicted molar refractivity (Wildman–Crippen MR) is 114 cm³/mol. The van der Waals surface area contributed by atoms with Gasteiger partial charge in [-0.25, -0.2) is 0 Å². The second kappa shape index (κ2) is 8.02. The summed E-state index contributed by atoms with van der Waals surface area (Å²) in [5, 5.41) is 13.3. The Labute approximate surface area is 172 Å². The van der Waals surface area contributed by atoms with Gasteiger partial charge in [0.15, 0.2) is 0 Å². The Morgan fingerprint density at radius 3 is 2.59 bits per heavy atom. The minimum Gasteiger partial charge on any atom is -0.489 e. The van der Waals surface area contributed by atoms with Gasteiger partial charge in [0.1, 0.15) is 23.2 Å². The average Bonchev–Trinajstić information content (AvgIpc) is 2.66. The minimum absolute atomic E-state index is 0.0461. The Kier molecular flexibility index (Phi) is 5.66. The van der Waals surface area contributed by atoms with Gasteiger partial charge in [-0.2, -0.15) is 5.26 Å². The molecule has 0 saturated carbocycles. The van der Waals surface area contributed by atoms with E-state index in [0.29, 0.717) is 27.5 Å². The van der Waals surface area contributed by atoms with Crippen molar-refractivity contribution < 1.29 is 4.74 Å². The summed E-state index contributed by atoms with van der Waals surface area (Å²) in [6.07, 6.45) is -0.0461. The maximum Gasteiger partial charge on any atom is 0.274 e. The number of aromatic nitrogens is 2. The van der Waals surface area contributed by atoms with Crippen molar-refractivity contribution in [3.05, 3.63) is 67.3 Å². The average molecular weight is 413 g/mol. The minimum atomic E-state index is -0.450. The number of hydrogen-bond acceptors (Lipinski definition) is 5. The molecule has 2 aromatic heterocycles. The van der Waals surface area contributed by atoms with Crippen LogP contribution in [0.5, 0.6) is 5.75 Å². The molecule has 0 fully saturated rings. The monoisotopic (exact) mass is 412 g/mol. The SMILES string of the molecule is CC(C)Oc1cc2[nH]c(=O)c([C@H](C)Nc3ccc(C#N)n(C)c3=O)cc2cc1Cl. The molecule has 0 saturated heterocycles. The maximum absolute atomic E-state index is 12.6. The van der Waals surface area contributed by atoms with Crippen LogP contribution in [0.4, 0.5) is 5.69 Å². The van der Waals surface area contributed by atoms with Gasteiger partial charge in [0.05, 0.1) is 22.7 Å². The first-order valence-corrected chi connectivity index (χ1v) is 9.49. The molecule has 2 N–H and O–H groups in total. The van der Waals surface area contributed by atoms with Crippen molar-refractivity contribution in [1.82, 2.24) is 9.55 Å². The normalized spacial score (nSPS) is 12.0. The number of nitrogens with zero attached hydrogens (tertiary/aromatic N) is 2. The zero-order chi connectivity index (χ0) is 21.3. The van der Waals surface area contributed by atoms with E-state index in [4.69, 9.17) is 21.6 Å². The highest BCUT2D eigenvalue weighted by atomic mass is 35.5. The number of nitrogens with one attached hydrogen (secondary N) is 2. The highest BCUT2D eigenvalue weighted by molar-refractivity contribution is 6.32. The number of H-pyrrole nitrogens is 1. The molecule has 0 amide bonds. The van der Waals surface area contributed by atoms with Crippen LogP contribution < -0.4 is 21.2 Å². The molecule has 150 valence electrons. The molecule has 0 aliphatic heterocycles. The van der Waals surface area contributed by atoms with Gasteiger partial charge in [-0.3, -0.25) is 9.59 Å². The van der Waals surface area contributed by atoms with Crippen LogP contribution >= 0.6 is 11.6 Å². The number of fused-ring (bicyclic) bond motifs is 1. The number of pyridine rings is 2. The summed E-state index contributed by atoms with van der Waals surface area (Å²) >= 11 is 6.31. The largest absolute Gasteiger partial charge is 0.489 e. The maximum atomic E-state index is 12.6. The summed E-state index contributed by atoms with van der Waals surface area (Å²) in [5.41, 5.74) is 1.01. The van der Waals surface area contributed by atoms with Crippen molar-refractivity contribution in [2.75, 3.05) is 5.32 Å². The van der Waals surface area contributed by atoms with Crippen LogP contribution in [0.3, 0.4) is 0 Å². The van der Waals surface area contributed by atoms with E-state index in [0.717, 1.165) is 5.39 Å². The Balaban J connectivity index is 1.98. The topological polar surface area (TPSA) is 99.9 Å². The zero-order valence-electron chi connectivity index (χ0n) is 16.5. The van der Waals surface area contributed by atoms with Crippen molar-refractivity contribution in [3.63, 3.8) is 0 Å². The van der Waals surface area contributed by atoms with E-state index in [1.807, 2.05) is 19.9 Å². The summed E-state index contributed by atoms with van der Waals surface area (Å²) < 4.78 is 6.93. The smallest absolute Gasteiger partial charge is 0.274 e. The lowest BCUT2D eigenvalue weighted by Crippen LogP contribution is -2.26. The van der Waals surface area contributed by atoms with E-state index < -0.39 is 6.04 Å². The lowest BCUT2D eigenvalue weighted by atomic mass is 10.1. The van der Waals surface area contributed by atoms with E-state index in [2.05, 4.69) is 10.3 Å². The number of halogens is 1. The third-order valence-corrected chi connectivity index (χ3v) is 4.84. The highest BCUT2D eigenvalue weighted by Crippen LogP contribution is 2.30. The number of aromatic amines is 1. The number of anilines is 1. The fraction of sp³-hybridized carbons (Fsp3) is 0.286. The fourth-order valence-corrected chi connectivity index (χ4v) is 3.28. The summed E-state index contributed by atoms with van der Waals surface area (Å²) in [6.45, 7) is 5.58. The Bertz CT molecular complexity index is 1240. The molecule has 8 heteroatoms. The molecule has 0 radical (unpaired) electrons. The van der Waals surface area contributed by atoms with Crippen molar-refractivity contribution in [3.8, 4) is 11.8 Å². The molecule has 7 nitrogen and oxygen atoms in total.